The maximum absolute atomic E-state index is 13.1. The minimum atomic E-state index is -1.15. The Bertz CT molecular complexity index is 1470. The number of nitrogens with zero attached hydrogens (tertiary/aromatic N) is 2. The van der Waals surface area contributed by atoms with Crippen LogP contribution in [0.1, 0.15) is 151 Å². The largest absolute Gasteiger partial charge is 0.461 e. The van der Waals surface area contributed by atoms with Crippen LogP contribution in [0, 0.1) is 0 Å². The quantitative estimate of drug-likeness (QED) is 0.0487. The van der Waals surface area contributed by atoms with Gasteiger partial charge in [-0.2, -0.15) is 0 Å². The third kappa shape index (κ3) is 25.9. The first kappa shape index (κ1) is 52.7. The van der Waals surface area contributed by atoms with Crippen LogP contribution in [0.25, 0.3) is 0 Å². The molecule has 0 unspecified atom stereocenters. The number of carbonyl (C=O) groups excluding carboxylic acids is 6. The fourth-order valence-corrected chi connectivity index (χ4v) is 6.63. The van der Waals surface area contributed by atoms with Gasteiger partial charge in [-0.25, -0.2) is 19.2 Å². The summed E-state index contributed by atoms with van der Waals surface area (Å²) in [6.07, 6.45) is 9.80. The van der Waals surface area contributed by atoms with Crippen molar-refractivity contribution in [3.05, 3.63) is 35.9 Å². The predicted molar refractivity (Wildman–Crippen MR) is 234 cm³/mol. The van der Waals surface area contributed by atoms with Crippen molar-refractivity contribution in [2.24, 2.45) is 0 Å². The summed E-state index contributed by atoms with van der Waals surface area (Å²) in [6.45, 7) is 18.7. The van der Waals surface area contributed by atoms with Crippen LogP contribution in [0.4, 0.5) is 9.59 Å². The molecule has 1 aliphatic heterocycles. The Hall–Kier alpha value is -4.40. The van der Waals surface area contributed by atoms with Gasteiger partial charge in [0.25, 0.3) is 0 Å². The molecule has 1 aromatic rings. The van der Waals surface area contributed by atoms with Gasteiger partial charge < -0.3 is 39.8 Å². The van der Waals surface area contributed by atoms with Gasteiger partial charge in [0.2, 0.25) is 5.91 Å². The monoisotopic (exact) mass is 860 g/mol. The summed E-state index contributed by atoms with van der Waals surface area (Å²) >= 11 is 0. The number of unbranched alkanes of at least 4 members (excludes halogenated alkanes) is 8. The molecule has 2 atom stereocenters. The van der Waals surface area contributed by atoms with E-state index >= 15 is 0 Å². The molecule has 0 saturated carbocycles. The second-order valence-electron chi connectivity index (χ2n) is 18.2. The lowest BCUT2D eigenvalue weighted by molar-refractivity contribution is -0.157. The predicted octanol–water partition coefficient (Wildman–Crippen LogP) is 7.19. The van der Waals surface area contributed by atoms with Gasteiger partial charge in [-0.15, -0.1) is 0 Å². The molecule has 1 aromatic carbocycles. The van der Waals surface area contributed by atoms with E-state index in [1.807, 2.05) is 30.3 Å². The number of esters is 3. The Morgan fingerprint density at radius 2 is 1.23 bits per heavy atom. The molecule has 15 nitrogen and oxygen atoms in total. The molecule has 1 fully saturated rings. The number of urea groups is 1. The topological polar surface area (TPSA) is 182 Å². The minimum absolute atomic E-state index is 0.00295. The molecule has 61 heavy (non-hydrogen) atoms. The normalized spacial score (nSPS) is 14.4. The second kappa shape index (κ2) is 28.2. The number of hydrogen-bond acceptors (Lipinski definition) is 11. The number of carbonyl (C=O) groups is 6. The van der Waals surface area contributed by atoms with Gasteiger partial charge in [-0.3, -0.25) is 14.5 Å². The lowest BCUT2D eigenvalue weighted by atomic mass is 10.1. The van der Waals surface area contributed by atoms with E-state index in [1.54, 1.807) is 60.3 Å². The van der Waals surface area contributed by atoms with Crippen molar-refractivity contribution >= 4 is 35.9 Å². The molecule has 2 rings (SSSR count). The Balaban J connectivity index is 1.59. The molecule has 0 aromatic heterocycles. The molecule has 15 heteroatoms. The van der Waals surface area contributed by atoms with E-state index in [-0.39, 0.29) is 31.3 Å². The molecular formula is C46H77N5O10. The van der Waals surface area contributed by atoms with E-state index in [0.29, 0.717) is 45.5 Å². The molecule has 0 spiro atoms. The number of rotatable bonds is 26. The SMILES string of the molecule is CC(C)OC(=O)[C@H](CCC(=O)OC(C)(C)C)NC(=O)N[C@@H](CCCCNC(=O)CCCCCCCCCCN1CCN(C(=O)OCc2ccccc2)CC1)C(=O)OC(C)(C)C. The van der Waals surface area contributed by atoms with Gasteiger partial charge in [0.15, 0.2) is 0 Å². The van der Waals surface area contributed by atoms with Crippen molar-refractivity contribution in [2.75, 3.05) is 39.3 Å². The molecule has 3 N–H and O–H groups in total. The molecule has 0 bridgehead atoms. The van der Waals surface area contributed by atoms with E-state index in [4.69, 9.17) is 18.9 Å². The highest BCUT2D eigenvalue weighted by molar-refractivity contribution is 5.87. The number of ether oxygens (including phenoxy) is 4. The van der Waals surface area contributed by atoms with Gasteiger partial charge in [0.05, 0.1) is 6.10 Å². The molecule has 0 radical (unpaired) electrons. The minimum Gasteiger partial charge on any atom is -0.461 e. The first-order valence-corrected chi connectivity index (χ1v) is 22.5. The van der Waals surface area contributed by atoms with E-state index < -0.39 is 53.3 Å². The summed E-state index contributed by atoms with van der Waals surface area (Å²) in [7, 11) is 0. The summed E-state index contributed by atoms with van der Waals surface area (Å²) < 4.78 is 21.7. The average molecular weight is 860 g/mol. The van der Waals surface area contributed by atoms with E-state index in [2.05, 4.69) is 20.9 Å². The van der Waals surface area contributed by atoms with Crippen LogP contribution in [0.3, 0.4) is 0 Å². The number of nitrogens with one attached hydrogen (secondary N) is 3. The van der Waals surface area contributed by atoms with E-state index in [0.717, 1.165) is 57.3 Å². The first-order valence-electron chi connectivity index (χ1n) is 22.5. The Morgan fingerprint density at radius 3 is 1.82 bits per heavy atom. The molecule has 346 valence electrons. The zero-order valence-corrected chi connectivity index (χ0v) is 38.4. The highest BCUT2D eigenvalue weighted by Crippen LogP contribution is 2.15. The van der Waals surface area contributed by atoms with Crippen molar-refractivity contribution < 1.29 is 47.7 Å². The van der Waals surface area contributed by atoms with Crippen molar-refractivity contribution in [1.82, 2.24) is 25.8 Å². The number of hydrogen-bond donors (Lipinski definition) is 3. The summed E-state index contributed by atoms with van der Waals surface area (Å²) in [4.78, 5) is 80.4. The fourth-order valence-electron chi connectivity index (χ4n) is 6.63. The van der Waals surface area contributed by atoms with Crippen molar-refractivity contribution in [2.45, 2.75) is 181 Å². The fraction of sp³-hybridized carbons (Fsp3) is 0.739. The van der Waals surface area contributed by atoms with Gasteiger partial charge >= 0.3 is 30.0 Å². The lowest BCUT2D eigenvalue weighted by Gasteiger charge is -2.34. The van der Waals surface area contributed by atoms with Crippen molar-refractivity contribution in [3.8, 4) is 0 Å². The molecule has 1 saturated heterocycles. The average Bonchev–Trinajstić information content (AvgIpc) is 3.17. The maximum atomic E-state index is 13.1. The smallest absolute Gasteiger partial charge is 0.410 e. The van der Waals surface area contributed by atoms with Gasteiger partial charge in [0.1, 0.15) is 29.9 Å². The standard InChI is InChI=1S/C46H77N5O10/c1-35(2)59-41(54)38(26-27-40(53)60-45(3,4)5)49-43(56)48-37(42(55)61-46(6,7)8)24-19-20-28-47-39(52)25-18-13-11-9-10-12-14-21-29-50-30-32-51(33-31-50)44(57)58-34-36-22-16-15-17-23-36/h15-17,22-23,35,37-38H,9-14,18-21,24-34H2,1-8H3,(H,47,52)(H2,48,49,56)/t37-,38-/m0/s1. The van der Waals surface area contributed by atoms with Crippen LogP contribution in [0.2, 0.25) is 0 Å². The second-order valence-corrected chi connectivity index (χ2v) is 18.2. The molecule has 0 aliphatic carbocycles. The van der Waals surface area contributed by atoms with Crippen LogP contribution in [-0.4, -0.2) is 114 Å². The maximum Gasteiger partial charge on any atom is 0.410 e. The van der Waals surface area contributed by atoms with Gasteiger partial charge in [-0.1, -0.05) is 68.9 Å². The Labute approximate surface area is 365 Å². The molecular weight excluding hydrogens is 783 g/mol. The highest BCUT2D eigenvalue weighted by atomic mass is 16.6. The molecule has 1 heterocycles. The summed E-state index contributed by atoms with van der Waals surface area (Å²) in [5.41, 5.74) is -0.503. The highest BCUT2D eigenvalue weighted by Gasteiger charge is 2.30. The summed E-state index contributed by atoms with van der Waals surface area (Å²) in [5, 5.41) is 8.15. The third-order valence-corrected chi connectivity index (χ3v) is 9.70. The molecule has 4 amide bonds. The van der Waals surface area contributed by atoms with Crippen LogP contribution in [-0.2, 0) is 44.7 Å². The van der Waals surface area contributed by atoms with Crippen molar-refractivity contribution in [1.29, 1.82) is 0 Å². The lowest BCUT2D eigenvalue weighted by Crippen LogP contribution is -2.52. The number of benzene rings is 1. The van der Waals surface area contributed by atoms with E-state index in [1.165, 1.54) is 19.3 Å². The third-order valence-electron chi connectivity index (χ3n) is 9.70. The Kier molecular flexibility index (Phi) is 24.4. The summed E-state index contributed by atoms with van der Waals surface area (Å²) in [6, 6.07) is 6.80. The van der Waals surface area contributed by atoms with Crippen LogP contribution < -0.4 is 16.0 Å². The first-order chi connectivity index (χ1) is 28.8. The van der Waals surface area contributed by atoms with Crippen molar-refractivity contribution in [3.63, 3.8) is 0 Å². The van der Waals surface area contributed by atoms with Crippen LogP contribution in [0.5, 0.6) is 0 Å². The Morgan fingerprint density at radius 1 is 0.656 bits per heavy atom. The van der Waals surface area contributed by atoms with E-state index in [9.17, 15) is 28.8 Å². The summed E-state index contributed by atoms with van der Waals surface area (Å²) in [5.74, 6) is -1.84. The zero-order chi connectivity index (χ0) is 45.3. The zero-order valence-electron chi connectivity index (χ0n) is 38.4. The molecule has 1 aliphatic rings. The van der Waals surface area contributed by atoms with Crippen LogP contribution in [0.15, 0.2) is 30.3 Å². The van der Waals surface area contributed by atoms with Gasteiger partial charge in [-0.05, 0) is 106 Å². The number of piperazine rings is 1. The van der Waals surface area contributed by atoms with Gasteiger partial charge in [0, 0.05) is 45.6 Å². The van der Waals surface area contributed by atoms with Crippen LogP contribution >= 0.6 is 0 Å². The number of amides is 4.